The summed E-state index contributed by atoms with van der Waals surface area (Å²) in [6.07, 6.45) is 1.92. The second-order valence-electron chi connectivity index (χ2n) is 19.0. The van der Waals surface area contributed by atoms with Crippen LogP contribution in [-0.2, 0) is 10.8 Å². The predicted octanol–water partition coefficient (Wildman–Crippen LogP) is 16.8. The summed E-state index contributed by atoms with van der Waals surface area (Å²) in [5.41, 5.74) is 24.3. The Morgan fingerprint density at radius 2 is 0.821 bits per heavy atom. The molecule has 314 valence electrons. The number of rotatable bonds is 5. The van der Waals surface area contributed by atoms with Gasteiger partial charge in [-0.15, -0.1) is 0 Å². The van der Waals surface area contributed by atoms with Crippen molar-refractivity contribution in [3.8, 4) is 55.6 Å². The number of aromatic nitrogens is 1. The highest BCUT2D eigenvalue weighted by atomic mass is 15.1. The quantitative estimate of drug-likeness (QED) is 0.160. The zero-order valence-electron chi connectivity index (χ0n) is 37.3. The standard InChI is InChI=1S/C65H44N2/c1-64(2)56-22-9-6-18-50(56)53-35-32-47(39-59(53)64)67(46-30-27-42(28-31-46)41-14-4-3-5-15-41)48-33-36-55-52-20-8-11-24-58(52)65(61(55)40-48)57-23-10-7-19-51(57)54-34-29-45(38-60(54)65)49-21-12-16-43-25-26-44-17-13-37-66-63(44)62(43)49/h3-40H,1-2H3. The SMILES string of the molecule is CC1(C)c2ccccc2-c2ccc(N(c3ccc(-c4ccccc4)cc3)c3ccc4c(c3)C3(c5ccccc5-c5ccc(-c6cccc7ccc8cccnc8c67)cc53)c3ccccc3-4)cc21. The Morgan fingerprint density at radius 3 is 1.54 bits per heavy atom. The average molecular weight is 853 g/mol. The highest BCUT2D eigenvalue weighted by Crippen LogP contribution is 2.64. The Bertz CT molecular complexity index is 3830. The molecule has 2 heteroatoms. The summed E-state index contributed by atoms with van der Waals surface area (Å²) in [4.78, 5) is 7.44. The van der Waals surface area contributed by atoms with Crippen LogP contribution in [-0.4, -0.2) is 4.98 Å². The second kappa shape index (κ2) is 14.1. The maximum absolute atomic E-state index is 4.96. The van der Waals surface area contributed by atoms with Gasteiger partial charge in [0.15, 0.2) is 0 Å². The minimum atomic E-state index is -0.556. The molecule has 1 heterocycles. The largest absolute Gasteiger partial charge is 0.310 e. The van der Waals surface area contributed by atoms with Gasteiger partial charge in [-0.2, -0.15) is 0 Å². The molecule has 0 amide bonds. The topological polar surface area (TPSA) is 16.1 Å². The number of pyridine rings is 1. The third kappa shape index (κ3) is 5.30. The van der Waals surface area contributed by atoms with Crippen LogP contribution in [0.15, 0.2) is 231 Å². The van der Waals surface area contributed by atoms with Crippen LogP contribution in [0.3, 0.4) is 0 Å². The normalized spacial score (nSPS) is 15.5. The first-order valence-electron chi connectivity index (χ1n) is 23.4. The van der Waals surface area contributed by atoms with Crippen molar-refractivity contribution in [2.75, 3.05) is 4.90 Å². The van der Waals surface area contributed by atoms with Gasteiger partial charge in [0.2, 0.25) is 0 Å². The van der Waals surface area contributed by atoms with Crippen molar-refractivity contribution >= 4 is 38.7 Å². The number of hydrogen-bond acceptors (Lipinski definition) is 2. The molecule has 0 N–H and O–H groups in total. The van der Waals surface area contributed by atoms with E-state index in [2.05, 4.69) is 237 Å². The number of nitrogens with zero attached hydrogens (tertiary/aromatic N) is 2. The fraction of sp³-hybridized carbons (Fsp3) is 0.0615. The van der Waals surface area contributed by atoms with Crippen LogP contribution in [0.4, 0.5) is 17.1 Å². The molecule has 14 rings (SSSR count). The fourth-order valence-corrected chi connectivity index (χ4v) is 12.3. The Balaban J connectivity index is 1.01. The van der Waals surface area contributed by atoms with E-state index in [4.69, 9.17) is 4.98 Å². The van der Waals surface area contributed by atoms with Gasteiger partial charge in [0.1, 0.15) is 0 Å². The van der Waals surface area contributed by atoms with Crippen LogP contribution in [0.2, 0.25) is 0 Å². The third-order valence-corrected chi connectivity index (χ3v) is 15.3. The Morgan fingerprint density at radius 1 is 0.328 bits per heavy atom. The maximum atomic E-state index is 4.96. The first-order valence-corrected chi connectivity index (χ1v) is 23.4. The molecule has 0 fully saturated rings. The molecule has 1 spiro atoms. The smallest absolute Gasteiger partial charge is 0.0786 e. The van der Waals surface area contributed by atoms with Gasteiger partial charge < -0.3 is 4.90 Å². The van der Waals surface area contributed by atoms with E-state index in [-0.39, 0.29) is 5.41 Å². The average Bonchev–Trinajstić information content (AvgIpc) is 3.94. The Hall–Kier alpha value is -8.33. The van der Waals surface area contributed by atoms with Gasteiger partial charge in [-0.05, 0) is 143 Å². The molecule has 0 saturated carbocycles. The summed E-state index contributed by atoms with van der Waals surface area (Å²) in [6.45, 7) is 4.74. The molecule has 3 aliphatic rings. The predicted molar refractivity (Wildman–Crippen MR) is 279 cm³/mol. The summed E-state index contributed by atoms with van der Waals surface area (Å²) in [6, 6.07) is 83.9. The second-order valence-corrected chi connectivity index (χ2v) is 19.0. The van der Waals surface area contributed by atoms with E-state index in [0.717, 1.165) is 28.0 Å². The van der Waals surface area contributed by atoms with E-state index in [9.17, 15) is 0 Å². The van der Waals surface area contributed by atoms with E-state index in [0.29, 0.717) is 0 Å². The molecule has 0 saturated heterocycles. The molecule has 0 bridgehead atoms. The van der Waals surface area contributed by atoms with Crippen molar-refractivity contribution in [1.82, 2.24) is 4.98 Å². The lowest BCUT2D eigenvalue weighted by Gasteiger charge is -2.33. The summed E-state index contributed by atoms with van der Waals surface area (Å²) in [5, 5.41) is 3.53. The molecule has 0 aliphatic heterocycles. The first-order chi connectivity index (χ1) is 33.0. The highest BCUT2D eigenvalue weighted by Gasteiger charge is 2.52. The molecule has 1 atom stereocenters. The number of anilines is 3. The lowest BCUT2D eigenvalue weighted by atomic mass is 9.70. The van der Waals surface area contributed by atoms with Crippen LogP contribution in [0.25, 0.3) is 77.3 Å². The fourth-order valence-electron chi connectivity index (χ4n) is 12.3. The molecular weight excluding hydrogens is 809 g/mol. The summed E-state index contributed by atoms with van der Waals surface area (Å²) in [7, 11) is 0. The summed E-state index contributed by atoms with van der Waals surface area (Å²) < 4.78 is 0. The van der Waals surface area contributed by atoms with E-state index in [1.54, 1.807) is 0 Å². The molecule has 11 aromatic rings. The van der Waals surface area contributed by atoms with Crippen LogP contribution in [0.5, 0.6) is 0 Å². The molecular formula is C65H44N2. The Labute approximate surface area is 391 Å². The zero-order valence-corrected chi connectivity index (χ0v) is 37.3. The monoisotopic (exact) mass is 852 g/mol. The minimum absolute atomic E-state index is 0.143. The van der Waals surface area contributed by atoms with E-state index < -0.39 is 5.41 Å². The van der Waals surface area contributed by atoms with Crippen LogP contribution in [0.1, 0.15) is 47.2 Å². The third-order valence-electron chi connectivity index (χ3n) is 15.3. The van der Waals surface area contributed by atoms with Crippen molar-refractivity contribution in [2.45, 2.75) is 24.7 Å². The van der Waals surface area contributed by atoms with Crippen molar-refractivity contribution < 1.29 is 0 Å². The number of benzene rings is 10. The van der Waals surface area contributed by atoms with E-state index in [1.165, 1.54) is 99.8 Å². The lowest BCUT2D eigenvalue weighted by Crippen LogP contribution is -2.26. The summed E-state index contributed by atoms with van der Waals surface area (Å²) >= 11 is 0. The van der Waals surface area contributed by atoms with Crippen molar-refractivity contribution in [2.24, 2.45) is 0 Å². The molecule has 1 aromatic heterocycles. The van der Waals surface area contributed by atoms with Crippen LogP contribution >= 0.6 is 0 Å². The van der Waals surface area contributed by atoms with Gasteiger partial charge in [0.05, 0.1) is 10.9 Å². The molecule has 3 aliphatic carbocycles. The number of hydrogen-bond donors (Lipinski definition) is 0. The molecule has 67 heavy (non-hydrogen) atoms. The number of fused-ring (bicyclic) bond motifs is 16. The van der Waals surface area contributed by atoms with Gasteiger partial charge in [0, 0.05) is 39.4 Å². The summed E-state index contributed by atoms with van der Waals surface area (Å²) in [5.74, 6) is 0. The maximum Gasteiger partial charge on any atom is 0.0786 e. The van der Waals surface area contributed by atoms with Gasteiger partial charge in [-0.25, -0.2) is 0 Å². The molecule has 0 radical (unpaired) electrons. The molecule has 2 nitrogen and oxygen atoms in total. The minimum Gasteiger partial charge on any atom is -0.310 e. The van der Waals surface area contributed by atoms with Gasteiger partial charge in [-0.3, -0.25) is 4.98 Å². The van der Waals surface area contributed by atoms with Crippen molar-refractivity contribution in [1.29, 1.82) is 0 Å². The van der Waals surface area contributed by atoms with Crippen LogP contribution < -0.4 is 4.90 Å². The van der Waals surface area contributed by atoms with Gasteiger partial charge >= 0.3 is 0 Å². The highest BCUT2D eigenvalue weighted by molar-refractivity contribution is 6.13. The van der Waals surface area contributed by atoms with E-state index >= 15 is 0 Å². The van der Waals surface area contributed by atoms with Gasteiger partial charge in [0.25, 0.3) is 0 Å². The van der Waals surface area contributed by atoms with Gasteiger partial charge in [-0.1, -0.05) is 190 Å². The lowest BCUT2D eigenvalue weighted by molar-refractivity contribution is 0.660. The van der Waals surface area contributed by atoms with E-state index in [1.807, 2.05) is 12.3 Å². The first kappa shape index (κ1) is 38.0. The zero-order chi connectivity index (χ0) is 44.4. The Kier molecular flexibility index (Phi) is 7.99. The van der Waals surface area contributed by atoms with Crippen molar-refractivity contribution in [3.05, 3.63) is 264 Å². The van der Waals surface area contributed by atoms with Crippen molar-refractivity contribution in [3.63, 3.8) is 0 Å². The molecule has 10 aromatic carbocycles. The molecule has 1 unspecified atom stereocenters. The van der Waals surface area contributed by atoms with Crippen LogP contribution in [0, 0.1) is 0 Å².